The maximum absolute atomic E-state index is 14.2. The van der Waals surface area contributed by atoms with Crippen molar-refractivity contribution < 1.29 is 18.7 Å². The zero-order valence-electron chi connectivity index (χ0n) is 19.4. The minimum Gasteiger partial charge on any atom is -0.481 e. The molecule has 35 heavy (non-hydrogen) atoms. The van der Waals surface area contributed by atoms with Crippen molar-refractivity contribution in [3.8, 4) is 11.1 Å². The molecule has 1 fully saturated rings. The van der Waals surface area contributed by atoms with Crippen LogP contribution >= 0.6 is 0 Å². The monoisotopic (exact) mass is 474 g/mol. The minimum atomic E-state index is -0.684. The first-order chi connectivity index (χ1) is 16.9. The van der Waals surface area contributed by atoms with E-state index in [2.05, 4.69) is 34.6 Å². The third kappa shape index (κ3) is 5.42. The smallest absolute Gasteiger partial charge is 0.303 e. The molecule has 6 heteroatoms. The first-order valence-corrected chi connectivity index (χ1v) is 12.2. The summed E-state index contributed by atoms with van der Waals surface area (Å²) in [6, 6.07) is 18.8. The molecule has 0 unspecified atom stereocenters. The van der Waals surface area contributed by atoms with Gasteiger partial charge < -0.3 is 10.4 Å². The summed E-state index contributed by atoms with van der Waals surface area (Å²) in [6.45, 7) is 0.233. The van der Waals surface area contributed by atoms with E-state index in [0.717, 1.165) is 54.9 Å². The van der Waals surface area contributed by atoms with Gasteiger partial charge in [0.05, 0.1) is 12.2 Å². The van der Waals surface area contributed by atoms with E-state index in [1.807, 2.05) is 24.3 Å². The Morgan fingerprint density at radius 1 is 0.886 bits per heavy atom. The summed E-state index contributed by atoms with van der Waals surface area (Å²) in [5.41, 5.74) is 5.15. The lowest BCUT2D eigenvalue weighted by Crippen LogP contribution is -2.20. The van der Waals surface area contributed by atoms with Crippen LogP contribution in [0.25, 0.3) is 11.1 Å². The molecule has 0 spiro atoms. The number of carboxylic acid groups (broad SMARTS) is 1. The van der Waals surface area contributed by atoms with Gasteiger partial charge in [-0.3, -0.25) is 9.79 Å². The van der Waals surface area contributed by atoms with Gasteiger partial charge in [0.2, 0.25) is 0 Å². The van der Waals surface area contributed by atoms with Crippen molar-refractivity contribution in [2.24, 2.45) is 16.8 Å². The summed E-state index contributed by atoms with van der Waals surface area (Å²) >= 11 is 0. The van der Waals surface area contributed by atoms with Gasteiger partial charge in [0.1, 0.15) is 17.5 Å². The van der Waals surface area contributed by atoms with Crippen LogP contribution < -0.4 is 5.32 Å². The number of anilines is 1. The summed E-state index contributed by atoms with van der Waals surface area (Å²) in [6.07, 6.45) is 5.55. The number of hydrogen-bond donors (Lipinski definition) is 2. The Balaban J connectivity index is 1.20. The average molecular weight is 475 g/mol. The van der Waals surface area contributed by atoms with Gasteiger partial charge in [0.15, 0.2) is 0 Å². The van der Waals surface area contributed by atoms with Crippen molar-refractivity contribution in [2.75, 3.05) is 5.32 Å². The second-order valence-corrected chi connectivity index (χ2v) is 9.67. The molecular formula is C29H28F2N2O2. The van der Waals surface area contributed by atoms with Gasteiger partial charge in [-0.25, -0.2) is 8.78 Å². The van der Waals surface area contributed by atoms with E-state index >= 15 is 0 Å². The Morgan fingerprint density at radius 3 is 2.14 bits per heavy atom. The molecule has 0 amide bonds. The topological polar surface area (TPSA) is 61.7 Å². The first-order valence-electron chi connectivity index (χ1n) is 12.2. The predicted octanol–water partition coefficient (Wildman–Crippen LogP) is 6.83. The van der Waals surface area contributed by atoms with E-state index in [1.54, 1.807) is 0 Å². The fourth-order valence-electron chi connectivity index (χ4n) is 5.25. The maximum atomic E-state index is 14.2. The standard InChI is InChI=1S/C29H28F2N2O2/c30-25-15-24-17-32-29(33-28(24)26(31)16-25)23-11-9-22(10-12-23)21-7-5-19(6-8-21)13-18-1-3-20(4-2-18)14-27(34)35/h5-12,15-16,18,20H,1-4,13-14,17H2,(H,32,33)(H,34,35). The Bertz CT molecular complexity index is 1240. The number of aliphatic carboxylic acids is 1. The zero-order valence-corrected chi connectivity index (χ0v) is 19.4. The van der Waals surface area contributed by atoms with Crippen molar-refractivity contribution in [1.82, 2.24) is 0 Å². The third-order valence-corrected chi connectivity index (χ3v) is 7.19. The SMILES string of the molecule is O=C(O)CC1CCC(Cc2ccc(-c3ccc(C4=NCc5cc(F)cc(F)c5N4)cc3)cc2)CC1. The number of aliphatic imine (C=N–C) groups is 1. The van der Waals surface area contributed by atoms with E-state index in [1.165, 1.54) is 11.6 Å². The fourth-order valence-corrected chi connectivity index (χ4v) is 5.25. The minimum absolute atomic E-state index is 0.233. The second kappa shape index (κ2) is 9.98. The summed E-state index contributed by atoms with van der Waals surface area (Å²) in [4.78, 5) is 15.4. The largest absolute Gasteiger partial charge is 0.481 e. The number of nitrogens with zero attached hydrogens (tertiary/aromatic N) is 1. The van der Waals surface area contributed by atoms with Crippen LogP contribution in [0.5, 0.6) is 0 Å². The molecule has 5 rings (SSSR count). The molecule has 180 valence electrons. The number of benzene rings is 3. The van der Waals surface area contributed by atoms with E-state index < -0.39 is 17.6 Å². The van der Waals surface area contributed by atoms with Crippen LogP contribution in [0.2, 0.25) is 0 Å². The number of carbonyl (C=O) groups is 1. The molecule has 1 heterocycles. The molecule has 0 aromatic heterocycles. The summed E-state index contributed by atoms with van der Waals surface area (Å²) in [7, 11) is 0. The average Bonchev–Trinajstić information content (AvgIpc) is 2.85. The lowest BCUT2D eigenvalue weighted by atomic mass is 9.78. The highest BCUT2D eigenvalue weighted by atomic mass is 19.1. The highest BCUT2D eigenvalue weighted by molar-refractivity contribution is 6.09. The maximum Gasteiger partial charge on any atom is 0.303 e. The Morgan fingerprint density at radius 2 is 1.49 bits per heavy atom. The number of nitrogens with one attached hydrogen (secondary N) is 1. The van der Waals surface area contributed by atoms with Gasteiger partial charge in [-0.15, -0.1) is 0 Å². The molecule has 0 saturated heterocycles. The first kappa shape index (κ1) is 23.2. The summed E-state index contributed by atoms with van der Waals surface area (Å²) in [5, 5.41) is 12.0. The molecule has 0 bridgehead atoms. The number of carboxylic acids is 1. The van der Waals surface area contributed by atoms with Crippen LogP contribution in [0.1, 0.15) is 48.8 Å². The summed E-state index contributed by atoms with van der Waals surface area (Å²) < 4.78 is 27.6. The van der Waals surface area contributed by atoms with Crippen LogP contribution in [0, 0.1) is 23.5 Å². The number of fused-ring (bicyclic) bond motifs is 1. The molecule has 1 aliphatic heterocycles. The third-order valence-electron chi connectivity index (χ3n) is 7.19. The fraction of sp³-hybridized carbons (Fsp3) is 0.310. The molecule has 1 saturated carbocycles. The number of hydrogen-bond acceptors (Lipinski definition) is 3. The van der Waals surface area contributed by atoms with Crippen molar-refractivity contribution in [3.63, 3.8) is 0 Å². The van der Waals surface area contributed by atoms with Gasteiger partial charge >= 0.3 is 5.97 Å². The Hall–Kier alpha value is -3.54. The van der Waals surface area contributed by atoms with Crippen LogP contribution in [0.15, 0.2) is 65.7 Å². The molecule has 3 aromatic carbocycles. The van der Waals surface area contributed by atoms with Crippen molar-refractivity contribution in [2.45, 2.75) is 45.1 Å². The van der Waals surface area contributed by atoms with E-state index in [9.17, 15) is 13.6 Å². The van der Waals surface area contributed by atoms with E-state index in [0.29, 0.717) is 29.7 Å². The number of rotatable bonds is 6. The molecule has 3 aromatic rings. The molecule has 2 N–H and O–H groups in total. The normalized spacial score (nSPS) is 19.4. The van der Waals surface area contributed by atoms with Crippen molar-refractivity contribution >= 4 is 17.5 Å². The molecule has 1 aliphatic carbocycles. The quantitative estimate of drug-likeness (QED) is 0.412. The molecular weight excluding hydrogens is 446 g/mol. The molecule has 0 radical (unpaired) electrons. The number of halogens is 2. The van der Waals surface area contributed by atoms with Crippen molar-refractivity contribution in [3.05, 3.63) is 89.0 Å². The van der Waals surface area contributed by atoms with Gasteiger partial charge in [0, 0.05) is 23.6 Å². The van der Waals surface area contributed by atoms with Crippen LogP contribution in [0.4, 0.5) is 14.5 Å². The Kier molecular flexibility index (Phi) is 6.62. The predicted molar refractivity (Wildman–Crippen MR) is 134 cm³/mol. The lowest BCUT2D eigenvalue weighted by molar-refractivity contribution is -0.138. The summed E-state index contributed by atoms with van der Waals surface area (Å²) in [5.74, 6) is -0.363. The highest BCUT2D eigenvalue weighted by Gasteiger charge is 2.23. The van der Waals surface area contributed by atoms with Gasteiger partial charge in [-0.05, 0) is 66.7 Å². The number of amidine groups is 1. The van der Waals surface area contributed by atoms with E-state index in [4.69, 9.17) is 5.11 Å². The van der Waals surface area contributed by atoms with E-state index in [-0.39, 0.29) is 12.2 Å². The second-order valence-electron chi connectivity index (χ2n) is 9.67. The molecule has 2 aliphatic rings. The van der Waals surface area contributed by atoms with Crippen molar-refractivity contribution in [1.29, 1.82) is 0 Å². The Labute approximate surface area is 203 Å². The van der Waals surface area contributed by atoms with Crippen LogP contribution in [0.3, 0.4) is 0 Å². The van der Waals surface area contributed by atoms with Gasteiger partial charge in [-0.2, -0.15) is 0 Å². The van der Waals surface area contributed by atoms with Crippen LogP contribution in [-0.4, -0.2) is 16.9 Å². The molecule has 0 atom stereocenters. The highest BCUT2D eigenvalue weighted by Crippen LogP contribution is 2.33. The zero-order chi connectivity index (χ0) is 24.4. The molecule has 4 nitrogen and oxygen atoms in total. The van der Waals surface area contributed by atoms with Gasteiger partial charge in [0.25, 0.3) is 0 Å². The van der Waals surface area contributed by atoms with Crippen LogP contribution in [-0.2, 0) is 17.8 Å². The van der Waals surface area contributed by atoms with Gasteiger partial charge in [-0.1, -0.05) is 48.5 Å². The lowest BCUT2D eigenvalue weighted by Gasteiger charge is -2.27.